The third kappa shape index (κ3) is 5.23. The number of nitrogens with zero attached hydrogens (tertiary/aromatic N) is 3. The Kier molecular flexibility index (Phi) is 6.51. The predicted molar refractivity (Wildman–Crippen MR) is 134 cm³/mol. The first-order valence-electron chi connectivity index (χ1n) is 10.2. The molecule has 1 N–H and O–H groups in total. The van der Waals surface area contributed by atoms with Crippen LogP contribution in [0.3, 0.4) is 0 Å². The number of hydrogen-bond acceptors (Lipinski definition) is 3. The summed E-state index contributed by atoms with van der Waals surface area (Å²) in [6.07, 6.45) is 4.57. The van der Waals surface area contributed by atoms with Crippen LogP contribution in [0.25, 0.3) is 22.2 Å². The van der Waals surface area contributed by atoms with E-state index in [2.05, 4.69) is 15.4 Å². The Labute approximate surface area is 199 Å². The van der Waals surface area contributed by atoms with Crippen molar-refractivity contribution in [2.45, 2.75) is 30.1 Å². The number of carbonyl (C=O) groups excluding carboxylic acids is 1. The fourth-order valence-corrected chi connectivity index (χ4v) is 5.68. The van der Waals surface area contributed by atoms with Crippen LogP contribution in [-0.2, 0) is 11.8 Å². The maximum absolute atomic E-state index is 13.7. The number of pyridine rings is 1. The van der Waals surface area contributed by atoms with Gasteiger partial charge in [-0.1, -0.05) is 18.2 Å². The zero-order valence-electron chi connectivity index (χ0n) is 18.2. The molecule has 9 heteroatoms. The minimum atomic E-state index is -3.23. The van der Waals surface area contributed by atoms with Gasteiger partial charge in [-0.3, -0.25) is 9.48 Å². The van der Waals surface area contributed by atoms with Crippen molar-refractivity contribution < 1.29 is 18.0 Å². The minimum Gasteiger partial charge on any atom is -0.322 e. The molecule has 0 bridgehead atoms. The lowest BCUT2D eigenvalue weighted by Gasteiger charge is -2.19. The molecule has 2 aromatic heterocycles. The zero-order chi connectivity index (χ0) is 23.8. The van der Waals surface area contributed by atoms with Crippen LogP contribution in [0.5, 0.6) is 0 Å². The molecule has 1 aliphatic carbocycles. The van der Waals surface area contributed by atoms with Gasteiger partial charge < -0.3 is 5.32 Å². The number of aromatic nitrogens is 3. The van der Waals surface area contributed by atoms with Crippen LogP contribution >= 0.6 is 20.7 Å². The van der Waals surface area contributed by atoms with Gasteiger partial charge in [0.05, 0.1) is 11.8 Å². The molecule has 1 atom stereocenters. The molecular weight excluding hydrogens is 544 g/mol. The highest BCUT2D eigenvalue weighted by Crippen LogP contribution is 2.36. The fourth-order valence-electron chi connectivity index (χ4n) is 3.62. The molecule has 2 heterocycles. The highest BCUT2D eigenvalue weighted by molar-refractivity contribution is 14.2. The highest BCUT2D eigenvalue weighted by Gasteiger charge is 2.33. The van der Waals surface area contributed by atoms with E-state index in [4.69, 9.17) is 0 Å². The van der Waals surface area contributed by atoms with Crippen molar-refractivity contribution in [2.75, 3.05) is 5.32 Å². The van der Waals surface area contributed by atoms with E-state index in [1.807, 2.05) is 44.3 Å². The number of nitrogens with one attached hydrogen (secondary N) is 1. The molecule has 33 heavy (non-hydrogen) atoms. The number of aryl methyl sites for hydroxylation is 2. The normalized spacial score (nSPS) is 17.0. The van der Waals surface area contributed by atoms with Gasteiger partial charge in [-0.25, -0.2) is 18.2 Å². The summed E-state index contributed by atoms with van der Waals surface area (Å²) < 4.78 is 43.8. The van der Waals surface area contributed by atoms with Gasteiger partial charge in [0.2, 0.25) is 0 Å². The third-order valence-electron chi connectivity index (χ3n) is 5.22. The number of amides is 1. The number of halogens is 4. The number of anilines is 1. The second-order valence-corrected chi connectivity index (χ2v) is 10.8. The van der Waals surface area contributed by atoms with Crippen LogP contribution in [0.15, 0.2) is 60.1 Å². The van der Waals surface area contributed by atoms with Crippen LogP contribution in [-0.4, -0.2) is 34.5 Å². The number of allylic oxidation sites excluding steroid dienone is 4. The topological polar surface area (TPSA) is 59.8 Å². The summed E-state index contributed by atoms with van der Waals surface area (Å²) in [5, 5.41) is 8.04. The smallest absolute Gasteiger partial charge is 0.273 e. The van der Waals surface area contributed by atoms with Crippen LogP contribution in [0.4, 0.5) is 18.9 Å². The second-order valence-electron chi connectivity index (χ2n) is 7.89. The number of fused-ring (bicyclic) bond motifs is 1. The minimum absolute atomic E-state index is 0.242. The Morgan fingerprint density at radius 2 is 2.03 bits per heavy atom. The lowest BCUT2D eigenvalue weighted by molar-refractivity contribution is -0.109. The average Bonchev–Trinajstić information content (AvgIpc) is 3.13. The fraction of sp³-hybridized carbons (Fsp3) is 0.250. The van der Waals surface area contributed by atoms with E-state index >= 15 is 0 Å². The van der Waals surface area contributed by atoms with Gasteiger partial charge in [0.25, 0.3) is 11.8 Å². The predicted octanol–water partition coefficient (Wildman–Crippen LogP) is 5.86. The molecule has 1 aliphatic rings. The summed E-state index contributed by atoms with van der Waals surface area (Å²) in [5.74, 6) is -4.40. The van der Waals surface area contributed by atoms with Crippen molar-refractivity contribution in [3.63, 3.8) is 0 Å². The summed E-state index contributed by atoms with van der Waals surface area (Å²) in [6.45, 7) is 2.61. The number of hydrogen-bond donors (Lipinski definition) is 1. The molecule has 1 amide bonds. The Bertz CT molecular complexity index is 1300. The van der Waals surface area contributed by atoms with Gasteiger partial charge in [-0.15, -0.1) is 20.7 Å². The molecule has 0 spiro atoms. The van der Waals surface area contributed by atoms with E-state index in [1.54, 1.807) is 10.9 Å². The average molecular weight is 566 g/mol. The molecule has 1 unspecified atom stereocenters. The van der Waals surface area contributed by atoms with Gasteiger partial charge in [-0.05, 0) is 48.7 Å². The Balaban J connectivity index is 1.46. The Morgan fingerprint density at radius 3 is 2.73 bits per heavy atom. The first kappa shape index (κ1) is 23.3. The van der Waals surface area contributed by atoms with Crippen molar-refractivity contribution in [3.05, 3.63) is 65.8 Å². The summed E-state index contributed by atoms with van der Waals surface area (Å²) >= 11 is -0.869. The molecule has 4 rings (SSSR count). The summed E-state index contributed by atoms with van der Waals surface area (Å²) in [7, 11) is 1.85. The summed E-state index contributed by atoms with van der Waals surface area (Å²) in [4.78, 5) is 16.9. The van der Waals surface area contributed by atoms with E-state index in [9.17, 15) is 18.0 Å². The molecule has 0 radical (unpaired) electrons. The van der Waals surface area contributed by atoms with Gasteiger partial charge in [-0.2, -0.15) is 5.10 Å². The van der Waals surface area contributed by atoms with E-state index < -0.39 is 38.1 Å². The van der Waals surface area contributed by atoms with Crippen LogP contribution < -0.4 is 5.32 Å². The van der Waals surface area contributed by atoms with E-state index in [-0.39, 0.29) is 9.83 Å². The Morgan fingerprint density at radius 1 is 1.30 bits per heavy atom. The van der Waals surface area contributed by atoms with Crippen LogP contribution in [0.2, 0.25) is 0 Å². The van der Waals surface area contributed by atoms with Crippen molar-refractivity contribution in [2.24, 2.45) is 7.05 Å². The molecule has 0 saturated carbocycles. The molecule has 1 aromatic carbocycles. The zero-order valence-corrected chi connectivity index (χ0v) is 20.4. The maximum atomic E-state index is 13.7. The van der Waals surface area contributed by atoms with Crippen LogP contribution in [0, 0.1) is 6.92 Å². The first-order valence-corrected chi connectivity index (χ1v) is 12.7. The standard InChI is InChI=1S/C24H22F3IN4O/c1-14-10-18(19-13-29-32(3)23(19)30-14)15-4-7-17(8-5-15)31-22(33)12-28-16-6-9-21(25)20(11-16)24(2,26)27/h4-5,7-13,16H,6H2,1-3H3,(H,31,33). The highest BCUT2D eigenvalue weighted by atomic mass is 127. The number of alkyl halides is 3. The van der Waals surface area contributed by atoms with Gasteiger partial charge >= 0.3 is 0 Å². The number of rotatable bonds is 5. The van der Waals surface area contributed by atoms with E-state index in [0.717, 1.165) is 27.9 Å². The molecule has 3 aromatic rings. The van der Waals surface area contributed by atoms with Gasteiger partial charge in [0.1, 0.15) is 5.83 Å². The van der Waals surface area contributed by atoms with Gasteiger partial charge in [0, 0.05) is 38.7 Å². The molecule has 5 nitrogen and oxygen atoms in total. The maximum Gasteiger partial charge on any atom is 0.273 e. The molecule has 0 fully saturated rings. The van der Waals surface area contributed by atoms with Crippen molar-refractivity contribution in [3.8, 4) is 11.1 Å². The molecule has 0 aliphatic heterocycles. The van der Waals surface area contributed by atoms with Crippen molar-refractivity contribution in [1.29, 1.82) is 0 Å². The SMILES string of the molecule is Cc1cc(-c2ccc(NC(=O)C=IC3C=C(C(C)(F)F)C(F)=CC3)cc2)c2cnn(C)c2n1. The number of carbonyl (C=O) groups is 1. The second kappa shape index (κ2) is 9.20. The summed E-state index contributed by atoms with van der Waals surface area (Å²) in [5.41, 5.74) is 3.71. The summed E-state index contributed by atoms with van der Waals surface area (Å²) in [6, 6.07) is 9.45. The molecule has 0 saturated heterocycles. The largest absolute Gasteiger partial charge is 0.322 e. The third-order valence-corrected chi connectivity index (χ3v) is 7.94. The lowest BCUT2D eigenvalue weighted by Crippen LogP contribution is -2.19. The Hall–Kier alpha value is -2.82. The lowest BCUT2D eigenvalue weighted by atomic mass is 10.0. The molecule has 172 valence electrons. The number of benzene rings is 1. The van der Waals surface area contributed by atoms with E-state index in [0.29, 0.717) is 19.0 Å². The first-order chi connectivity index (χ1) is 15.6. The van der Waals surface area contributed by atoms with Crippen molar-refractivity contribution >= 4 is 47.4 Å². The van der Waals surface area contributed by atoms with E-state index in [1.165, 1.54) is 16.2 Å². The monoisotopic (exact) mass is 566 g/mol. The van der Waals surface area contributed by atoms with Crippen LogP contribution in [0.1, 0.15) is 19.0 Å². The molecular formula is C24H22F3IN4O. The van der Waals surface area contributed by atoms with Gasteiger partial charge in [0.15, 0.2) is 5.65 Å². The van der Waals surface area contributed by atoms with Crippen molar-refractivity contribution in [1.82, 2.24) is 14.8 Å². The quantitative estimate of drug-likeness (QED) is 0.311.